The molecular weight excluding hydrogens is 260 g/mol. The summed E-state index contributed by atoms with van der Waals surface area (Å²) in [5.41, 5.74) is 5.01. The molecule has 1 aromatic carbocycles. The Bertz CT molecular complexity index is 596. The smallest absolute Gasteiger partial charge is 0.127 e. The molecule has 2 nitrogen and oxygen atoms in total. The first kappa shape index (κ1) is 14.5. The first-order valence-electron chi connectivity index (χ1n) is 8.14. The molecular formula is C19H26O2. The third-order valence-corrected chi connectivity index (χ3v) is 5.05. The van der Waals surface area contributed by atoms with E-state index in [0.29, 0.717) is 11.7 Å². The van der Waals surface area contributed by atoms with Gasteiger partial charge in [-0.05, 0) is 64.2 Å². The summed E-state index contributed by atoms with van der Waals surface area (Å²) in [5, 5.41) is 10.6. The van der Waals surface area contributed by atoms with Crippen molar-refractivity contribution >= 4 is 0 Å². The molecule has 114 valence electrons. The fourth-order valence-corrected chi connectivity index (χ4v) is 4.00. The number of fused-ring (bicyclic) bond motifs is 4. The number of rotatable bonds is 2. The minimum absolute atomic E-state index is 0.0755. The van der Waals surface area contributed by atoms with Crippen molar-refractivity contribution in [3.8, 4) is 11.5 Å². The Hall–Kier alpha value is -1.44. The highest BCUT2D eigenvalue weighted by molar-refractivity contribution is 5.55. The van der Waals surface area contributed by atoms with Gasteiger partial charge in [-0.1, -0.05) is 24.5 Å². The molecule has 2 bridgehead atoms. The van der Waals surface area contributed by atoms with Crippen LogP contribution >= 0.6 is 0 Å². The topological polar surface area (TPSA) is 29.5 Å². The lowest BCUT2D eigenvalue weighted by Crippen LogP contribution is -2.42. The molecule has 1 heterocycles. The number of phenolic OH excluding ortho intramolecular Hbond substituents is 1. The van der Waals surface area contributed by atoms with Gasteiger partial charge in [-0.15, -0.1) is 0 Å². The molecule has 1 saturated carbocycles. The normalized spacial score (nSPS) is 27.0. The molecule has 1 aliphatic heterocycles. The number of aryl methyl sites for hydroxylation is 1. The number of ether oxygens (including phenoxy) is 1. The van der Waals surface area contributed by atoms with Crippen molar-refractivity contribution in [3.63, 3.8) is 0 Å². The molecule has 1 aromatic rings. The SMILES string of the molecule is CCCc1cc(O)c2c(c1)OC1(C)CCC(=C(C)C)C2C1. The van der Waals surface area contributed by atoms with Crippen LogP contribution in [0.1, 0.15) is 70.4 Å². The molecule has 0 aromatic heterocycles. The maximum atomic E-state index is 10.6. The summed E-state index contributed by atoms with van der Waals surface area (Å²) in [6.45, 7) is 8.76. The lowest BCUT2D eigenvalue weighted by molar-refractivity contribution is 0.0346. The fraction of sp³-hybridized carbons (Fsp3) is 0.579. The first-order valence-corrected chi connectivity index (χ1v) is 8.14. The monoisotopic (exact) mass is 286 g/mol. The van der Waals surface area contributed by atoms with Gasteiger partial charge in [-0.3, -0.25) is 0 Å². The molecule has 0 amide bonds. The molecule has 21 heavy (non-hydrogen) atoms. The number of hydrogen-bond donors (Lipinski definition) is 1. The third kappa shape index (κ3) is 2.45. The Morgan fingerprint density at radius 3 is 2.81 bits per heavy atom. The number of benzene rings is 1. The van der Waals surface area contributed by atoms with Crippen LogP contribution in [0.3, 0.4) is 0 Å². The summed E-state index contributed by atoms with van der Waals surface area (Å²) >= 11 is 0. The maximum Gasteiger partial charge on any atom is 0.127 e. The molecule has 2 aliphatic rings. The Balaban J connectivity index is 2.14. The second-order valence-corrected chi connectivity index (χ2v) is 7.11. The van der Waals surface area contributed by atoms with Crippen molar-refractivity contribution in [3.05, 3.63) is 34.4 Å². The second-order valence-electron chi connectivity index (χ2n) is 7.11. The van der Waals surface area contributed by atoms with Gasteiger partial charge < -0.3 is 9.84 Å². The summed E-state index contributed by atoms with van der Waals surface area (Å²) in [7, 11) is 0. The van der Waals surface area contributed by atoms with E-state index in [-0.39, 0.29) is 5.60 Å². The largest absolute Gasteiger partial charge is 0.507 e. The van der Waals surface area contributed by atoms with E-state index in [1.165, 1.54) is 16.7 Å². The van der Waals surface area contributed by atoms with Gasteiger partial charge in [-0.2, -0.15) is 0 Å². The highest BCUT2D eigenvalue weighted by atomic mass is 16.5. The van der Waals surface area contributed by atoms with Gasteiger partial charge >= 0.3 is 0 Å². The lowest BCUT2D eigenvalue weighted by Gasteiger charge is -2.46. The molecule has 0 spiro atoms. The maximum absolute atomic E-state index is 10.6. The summed E-state index contributed by atoms with van der Waals surface area (Å²) in [6, 6.07) is 4.09. The third-order valence-electron chi connectivity index (χ3n) is 5.05. The molecule has 2 heteroatoms. The van der Waals surface area contributed by atoms with E-state index in [9.17, 15) is 5.11 Å². The van der Waals surface area contributed by atoms with E-state index < -0.39 is 0 Å². The van der Waals surface area contributed by atoms with Crippen LogP contribution in [-0.2, 0) is 6.42 Å². The first-order chi connectivity index (χ1) is 9.93. The van der Waals surface area contributed by atoms with E-state index >= 15 is 0 Å². The van der Waals surface area contributed by atoms with E-state index in [0.717, 1.165) is 43.4 Å². The van der Waals surface area contributed by atoms with E-state index in [4.69, 9.17) is 4.74 Å². The molecule has 2 atom stereocenters. The van der Waals surface area contributed by atoms with Crippen LogP contribution in [-0.4, -0.2) is 10.7 Å². The zero-order valence-electron chi connectivity index (χ0n) is 13.6. The fourth-order valence-electron chi connectivity index (χ4n) is 4.00. The zero-order valence-corrected chi connectivity index (χ0v) is 13.6. The van der Waals surface area contributed by atoms with Crippen LogP contribution in [0.4, 0.5) is 0 Å². The molecule has 2 unspecified atom stereocenters. The molecule has 0 radical (unpaired) electrons. The summed E-state index contributed by atoms with van der Waals surface area (Å²) in [4.78, 5) is 0. The van der Waals surface area contributed by atoms with Crippen molar-refractivity contribution in [1.29, 1.82) is 0 Å². The van der Waals surface area contributed by atoms with E-state index in [1.807, 2.05) is 6.07 Å². The highest BCUT2D eigenvalue weighted by Gasteiger charge is 2.44. The minimum atomic E-state index is -0.0755. The Kier molecular flexibility index (Phi) is 3.51. The second kappa shape index (κ2) is 5.08. The highest BCUT2D eigenvalue weighted by Crippen LogP contribution is 2.54. The number of hydrogen-bond acceptors (Lipinski definition) is 2. The van der Waals surface area contributed by atoms with E-state index in [2.05, 4.69) is 33.8 Å². The summed E-state index contributed by atoms with van der Waals surface area (Å²) < 4.78 is 6.30. The van der Waals surface area contributed by atoms with Crippen molar-refractivity contribution in [1.82, 2.24) is 0 Å². The molecule has 1 aliphatic carbocycles. The van der Waals surface area contributed by atoms with Gasteiger partial charge in [0.15, 0.2) is 0 Å². The van der Waals surface area contributed by atoms with Gasteiger partial charge in [0.1, 0.15) is 17.1 Å². The van der Waals surface area contributed by atoms with Gasteiger partial charge in [0, 0.05) is 11.5 Å². The molecule has 1 N–H and O–H groups in total. The van der Waals surface area contributed by atoms with Crippen LogP contribution in [0.25, 0.3) is 0 Å². The van der Waals surface area contributed by atoms with Crippen LogP contribution in [0.15, 0.2) is 23.3 Å². The van der Waals surface area contributed by atoms with Gasteiger partial charge in [0.05, 0.1) is 0 Å². The van der Waals surface area contributed by atoms with Crippen LogP contribution < -0.4 is 4.74 Å². The quantitative estimate of drug-likeness (QED) is 0.766. The number of allylic oxidation sites excluding steroid dienone is 2. The molecule has 1 fully saturated rings. The predicted molar refractivity (Wildman–Crippen MR) is 86.1 cm³/mol. The van der Waals surface area contributed by atoms with Crippen molar-refractivity contribution < 1.29 is 9.84 Å². The lowest BCUT2D eigenvalue weighted by atomic mass is 9.69. The molecule has 3 rings (SSSR count). The standard InChI is InChI=1S/C19H26O2/c1-5-6-13-9-16(20)18-15-11-19(4,21-17(18)10-13)8-7-14(15)12(2)3/h9-10,15,20H,5-8,11H2,1-4H3. The van der Waals surface area contributed by atoms with Crippen molar-refractivity contribution in [2.24, 2.45) is 0 Å². The summed E-state index contributed by atoms with van der Waals surface area (Å²) in [6.07, 6.45) is 5.21. The zero-order chi connectivity index (χ0) is 15.2. The van der Waals surface area contributed by atoms with Crippen LogP contribution in [0.2, 0.25) is 0 Å². The van der Waals surface area contributed by atoms with Gasteiger partial charge in [0.2, 0.25) is 0 Å². The van der Waals surface area contributed by atoms with Crippen molar-refractivity contribution in [2.45, 2.75) is 71.3 Å². The number of phenols is 1. The Morgan fingerprint density at radius 1 is 1.38 bits per heavy atom. The van der Waals surface area contributed by atoms with Crippen molar-refractivity contribution in [2.75, 3.05) is 0 Å². The van der Waals surface area contributed by atoms with E-state index in [1.54, 1.807) is 0 Å². The van der Waals surface area contributed by atoms with Gasteiger partial charge in [-0.25, -0.2) is 0 Å². The van der Waals surface area contributed by atoms with Gasteiger partial charge in [0.25, 0.3) is 0 Å². The van der Waals surface area contributed by atoms with Crippen LogP contribution in [0, 0.1) is 0 Å². The van der Waals surface area contributed by atoms with Crippen LogP contribution in [0.5, 0.6) is 11.5 Å². The molecule has 0 saturated heterocycles. The average molecular weight is 286 g/mol. The number of aromatic hydroxyl groups is 1. The average Bonchev–Trinajstić information content (AvgIpc) is 2.37. The predicted octanol–water partition coefficient (Wildman–Crippen LogP) is 5.10. The minimum Gasteiger partial charge on any atom is -0.507 e. The Labute approximate surface area is 127 Å². The Morgan fingerprint density at radius 2 is 2.14 bits per heavy atom. The summed E-state index contributed by atoms with van der Waals surface area (Å²) in [5.74, 6) is 1.66.